The van der Waals surface area contributed by atoms with Crippen LogP contribution in [0, 0.1) is 10.8 Å². The number of oxazole rings is 1. The number of aromatic nitrogens is 1. The number of rotatable bonds is 2. The van der Waals surface area contributed by atoms with Crippen LogP contribution in [-0.4, -0.2) is 27.4 Å². The first kappa shape index (κ1) is 19.4. The lowest BCUT2D eigenvalue weighted by Gasteiger charge is -2.61. The highest BCUT2D eigenvalue weighted by Gasteiger charge is 2.81. The van der Waals surface area contributed by atoms with Crippen LogP contribution in [0.15, 0.2) is 40.8 Å². The Labute approximate surface area is 174 Å². The zero-order valence-electron chi connectivity index (χ0n) is 17.6. The van der Waals surface area contributed by atoms with Crippen molar-refractivity contribution in [2.75, 3.05) is 6.61 Å². The summed E-state index contributed by atoms with van der Waals surface area (Å²) in [5, 5.41) is 21.7. The highest BCUT2D eigenvalue weighted by atomic mass is 17.3. The van der Waals surface area contributed by atoms with Gasteiger partial charge < -0.3 is 19.4 Å². The second-order valence-electron chi connectivity index (χ2n) is 9.76. The maximum Gasteiger partial charge on any atom is 0.261 e. The Hall–Kier alpha value is -2.61. The van der Waals surface area contributed by atoms with Gasteiger partial charge in [0.05, 0.1) is 6.61 Å². The van der Waals surface area contributed by atoms with Crippen molar-refractivity contribution in [3.05, 3.63) is 42.0 Å². The molecule has 0 radical (unpaired) electrons. The lowest BCUT2D eigenvalue weighted by Crippen LogP contribution is -2.73. The quantitative estimate of drug-likeness (QED) is 0.582. The molecular weight excluding hydrogens is 386 g/mol. The van der Waals surface area contributed by atoms with Gasteiger partial charge in [0.25, 0.3) is 5.79 Å². The summed E-state index contributed by atoms with van der Waals surface area (Å²) in [6.45, 7) is 10.7. The number of aromatic hydroxyl groups is 2. The topological polar surface area (TPSA) is 94.2 Å². The van der Waals surface area contributed by atoms with Crippen molar-refractivity contribution in [1.29, 1.82) is 0 Å². The molecule has 3 heterocycles. The summed E-state index contributed by atoms with van der Waals surface area (Å²) in [6, 6.07) is 10.3. The van der Waals surface area contributed by atoms with Crippen molar-refractivity contribution in [3.8, 4) is 23.0 Å². The third kappa shape index (κ3) is 2.17. The van der Waals surface area contributed by atoms with E-state index >= 15 is 0 Å². The number of benzene rings is 2. The standard InChI is InChI=1S/C23H25NO6/c1-20(2,3)23-21(4,5)12-27-22(23,29-30-23)13-10-15(25)18(16(26)11-13)19-24-14-8-6-7-9-17(14)28-19/h6-11,25-26H,12H2,1-5H3. The van der Waals surface area contributed by atoms with Crippen molar-refractivity contribution in [2.45, 2.75) is 46.0 Å². The molecule has 2 aromatic carbocycles. The highest BCUT2D eigenvalue weighted by Crippen LogP contribution is 2.69. The molecule has 1 aromatic heterocycles. The molecule has 2 unspecified atom stereocenters. The minimum atomic E-state index is -1.25. The first-order valence-corrected chi connectivity index (χ1v) is 9.96. The number of nitrogens with zero attached hydrogens (tertiary/aromatic N) is 1. The summed E-state index contributed by atoms with van der Waals surface area (Å²) in [5.41, 5.74) is 0.262. The smallest absolute Gasteiger partial charge is 0.261 e. The third-order valence-corrected chi connectivity index (χ3v) is 6.38. The van der Waals surface area contributed by atoms with E-state index in [1.807, 2.05) is 12.1 Å². The van der Waals surface area contributed by atoms with E-state index < -0.39 is 11.4 Å². The van der Waals surface area contributed by atoms with Gasteiger partial charge in [-0.3, -0.25) is 0 Å². The molecule has 0 spiro atoms. The molecule has 3 aromatic rings. The molecule has 0 saturated carbocycles. The zero-order chi connectivity index (χ0) is 21.5. The van der Waals surface area contributed by atoms with Crippen molar-refractivity contribution in [1.82, 2.24) is 4.98 Å². The first-order chi connectivity index (χ1) is 14.0. The van der Waals surface area contributed by atoms with Gasteiger partial charge in [0.1, 0.15) is 22.6 Å². The highest BCUT2D eigenvalue weighted by molar-refractivity contribution is 5.79. The summed E-state index contributed by atoms with van der Waals surface area (Å²) in [6.07, 6.45) is 0. The lowest BCUT2D eigenvalue weighted by atomic mass is 9.57. The average molecular weight is 411 g/mol. The molecule has 5 rings (SSSR count). The van der Waals surface area contributed by atoms with E-state index in [2.05, 4.69) is 39.6 Å². The SMILES string of the molecule is CC(C)(C)C12OOC1(c1cc(O)c(-c3nc4ccccc4o3)c(O)c1)OCC2(C)C. The first-order valence-electron chi connectivity index (χ1n) is 9.96. The molecule has 2 aliphatic rings. The average Bonchev–Trinajstić information content (AvgIpc) is 3.08. The van der Waals surface area contributed by atoms with Crippen molar-refractivity contribution >= 4 is 11.1 Å². The van der Waals surface area contributed by atoms with Crippen molar-refractivity contribution in [3.63, 3.8) is 0 Å². The fraction of sp³-hybridized carbons (Fsp3) is 0.435. The van der Waals surface area contributed by atoms with Crippen LogP contribution in [-0.2, 0) is 20.3 Å². The second-order valence-corrected chi connectivity index (χ2v) is 9.76. The van der Waals surface area contributed by atoms with Crippen LogP contribution in [0.4, 0.5) is 0 Å². The predicted molar refractivity (Wildman–Crippen MR) is 109 cm³/mol. The fourth-order valence-corrected chi connectivity index (χ4v) is 5.24. The predicted octanol–water partition coefficient (Wildman–Crippen LogP) is 4.86. The largest absolute Gasteiger partial charge is 0.507 e. The Morgan fingerprint density at radius 1 is 1.00 bits per heavy atom. The monoisotopic (exact) mass is 411 g/mol. The normalized spacial score (nSPS) is 27.8. The van der Waals surface area contributed by atoms with Crippen LogP contribution in [0.1, 0.15) is 40.2 Å². The molecule has 2 atom stereocenters. The van der Waals surface area contributed by atoms with Crippen LogP contribution >= 0.6 is 0 Å². The van der Waals surface area contributed by atoms with Gasteiger partial charge >= 0.3 is 0 Å². The van der Waals surface area contributed by atoms with E-state index in [-0.39, 0.29) is 33.8 Å². The van der Waals surface area contributed by atoms with Crippen LogP contribution in [0.2, 0.25) is 0 Å². The molecule has 2 aliphatic heterocycles. The van der Waals surface area contributed by atoms with Gasteiger partial charge in [-0.2, -0.15) is 4.89 Å². The van der Waals surface area contributed by atoms with Gasteiger partial charge in [-0.15, -0.1) is 0 Å². The molecule has 7 heteroatoms. The van der Waals surface area contributed by atoms with Crippen LogP contribution in [0.3, 0.4) is 0 Å². The summed E-state index contributed by atoms with van der Waals surface area (Å²) in [7, 11) is 0. The van der Waals surface area contributed by atoms with Gasteiger partial charge in [-0.25, -0.2) is 9.87 Å². The Kier molecular flexibility index (Phi) is 3.71. The van der Waals surface area contributed by atoms with Gasteiger partial charge in [-0.1, -0.05) is 46.8 Å². The minimum Gasteiger partial charge on any atom is -0.507 e. The van der Waals surface area contributed by atoms with Crippen molar-refractivity contribution in [2.24, 2.45) is 10.8 Å². The molecular formula is C23H25NO6. The van der Waals surface area contributed by atoms with Gasteiger partial charge in [-0.05, 0) is 24.3 Å². The van der Waals surface area contributed by atoms with Crippen LogP contribution in [0.25, 0.3) is 22.6 Å². The Morgan fingerprint density at radius 2 is 1.67 bits per heavy atom. The van der Waals surface area contributed by atoms with E-state index in [0.29, 0.717) is 23.3 Å². The molecule has 2 fully saturated rings. The summed E-state index contributed by atoms with van der Waals surface area (Å²) < 4.78 is 11.9. The number of ether oxygens (including phenoxy) is 1. The third-order valence-electron chi connectivity index (χ3n) is 6.38. The van der Waals surface area contributed by atoms with Gasteiger partial charge in [0.2, 0.25) is 5.89 Å². The van der Waals surface area contributed by atoms with Crippen molar-refractivity contribution < 1.29 is 29.1 Å². The second kappa shape index (κ2) is 5.75. The molecule has 0 amide bonds. The number of fused-ring (bicyclic) bond motifs is 2. The number of phenols is 2. The van der Waals surface area contributed by atoms with E-state index in [4.69, 9.17) is 18.9 Å². The van der Waals surface area contributed by atoms with Crippen LogP contribution in [0.5, 0.6) is 11.5 Å². The molecule has 2 saturated heterocycles. The lowest BCUT2D eigenvalue weighted by molar-refractivity contribution is -0.626. The number of hydrogen-bond acceptors (Lipinski definition) is 7. The van der Waals surface area contributed by atoms with Gasteiger partial charge in [0.15, 0.2) is 11.2 Å². The molecule has 158 valence electrons. The number of hydrogen-bond donors (Lipinski definition) is 2. The van der Waals surface area contributed by atoms with E-state index in [1.165, 1.54) is 12.1 Å². The summed E-state index contributed by atoms with van der Waals surface area (Å²) >= 11 is 0. The number of para-hydroxylation sites is 2. The Bertz CT molecular complexity index is 1100. The molecule has 2 N–H and O–H groups in total. The molecule has 7 nitrogen and oxygen atoms in total. The molecule has 30 heavy (non-hydrogen) atoms. The maximum absolute atomic E-state index is 10.8. The van der Waals surface area contributed by atoms with Gasteiger partial charge in [0, 0.05) is 16.4 Å². The Balaban J connectivity index is 1.65. The Morgan fingerprint density at radius 3 is 2.23 bits per heavy atom. The van der Waals surface area contributed by atoms with Crippen LogP contribution < -0.4 is 0 Å². The van der Waals surface area contributed by atoms with E-state index in [1.54, 1.807) is 12.1 Å². The summed E-state index contributed by atoms with van der Waals surface area (Å²) in [4.78, 5) is 15.8. The van der Waals surface area contributed by atoms with E-state index in [0.717, 1.165) is 0 Å². The zero-order valence-corrected chi connectivity index (χ0v) is 17.6. The summed E-state index contributed by atoms with van der Waals surface area (Å²) in [5.74, 6) is -1.48. The maximum atomic E-state index is 10.8. The van der Waals surface area contributed by atoms with E-state index in [9.17, 15) is 10.2 Å². The molecule has 0 aliphatic carbocycles. The minimum absolute atomic E-state index is 0.116. The number of phenolic OH excluding ortho intramolecular Hbond substituents is 2. The molecule has 0 bridgehead atoms. The fourth-order valence-electron chi connectivity index (χ4n) is 5.24.